The molecule has 0 fully saturated rings. The number of nitrogens with two attached hydrogens (primary N) is 1. The van der Waals surface area contributed by atoms with Crippen molar-refractivity contribution in [2.24, 2.45) is 0 Å². The lowest BCUT2D eigenvalue weighted by atomic mass is 10.2. The maximum atomic E-state index is 13.1. The molecule has 3 N–H and O–H groups in total. The van der Waals surface area contributed by atoms with Crippen LogP contribution in [0.5, 0.6) is 0 Å². The zero-order valence-electron chi connectivity index (χ0n) is 9.83. The monoisotopic (exact) mass is 250 g/mol. The zero-order chi connectivity index (χ0) is 12.4. The van der Waals surface area contributed by atoms with Crippen LogP contribution in [0.2, 0.25) is 0 Å². The molecule has 1 heterocycles. The number of hydrogen-bond donors (Lipinski definition) is 2. The number of rotatable bonds is 3. The van der Waals surface area contributed by atoms with Crippen LogP contribution in [0.3, 0.4) is 0 Å². The van der Waals surface area contributed by atoms with E-state index in [1.54, 1.807) is 17.4 Å². The van der Waals surface area contributed by atoms with Gasteiger partial charge in [0.2, 0.25) is 0 Å². The minimum absolute atomic E-state index is 0.123. The Labute approximate surface area is 104 Å². The molecule has 2 rings (SSSR count). The highest BCUT2D eigenvalue weighted by Gasteiger charge is 2.09. The number of aryl methyl sites for hydroxylation is 1. The van der Waals surface area contributed by atoms with Crippen LogP contribution in [0, 0.1) is 12.7 Å². The SMILES string of the molecule is Cc1ccc(C(C)Nc2cc(F)ccc2N)s1. The van der Waals surface area contributed by atoms with Crippen molar-refractivity contribution in [2.75, 3.05) is 11.1 Å². The van der Waals surface area contributed by atoms with E-state index in [9.17, 15) is 4.39 Å². The topological polar surface area (TPSA) is 38.0 Å². The van der Waals surface area contributed by atoms with Gasteiger partial charge in [0.05, 0.1) is 17.4 Å². The highest BCUT2D eigenvalue weighted by atomic mass is 32.1. The molecule has 1 aromatic carbocycles. The molecule has 0 aliphatic carbocycles. The van der Waals surface area contributed by atoms with Crippen molar-refractivity contribution in [1.29, 1.82) is 0 Å². The first-order chi connectivity index (χ1) is 8.06. The Morgan fingerprint density at radius 3 is 2.71 bits per heavy atom. The predicted octanol–water partition coefficient (Wildman–Crippen LogP) is 3.95. The summed E-state index contributed by atoms with van der Waals surface area (Å²) in [6.45, 7) is 4.10. The second-order valence-corrected chi connectivity index (χ2v) is 5.37. The molecule has 0 amide bonds. The Kier molecular flexibility index (Phi) is 3.33. The van der Waals surface area contributed by atoms with E-state index in [0.717, 1.165) is 0 Å². The van der Waals surface area contributed by atoms with Gasteiger partial charge in [-0.15, -0.1) is 11.3 Å². The number of anilines is 2. The first-order valence-corrected chi connectivity index (χ1v) is 6.26. The standard InChI is InChI=1S/C13H15FN2S/c1-8-3-6-13(17-8)9(2)16-12-7-10(14)4-5-11(12)15/h3-7,9,16H,15H2,1-2H3. The van der Waals surface area contributed by atoms with Gasteiger partial charge in [0.15, 0.2) is 0 Å². The molecule has 0 spiro atoms. The maximum Gasteiger partial charge on any atom is 0.125 e. The average molecular weight is 250 g/mol. The van der Waals surface area contributed by atoms with Gasteiger partial charge in [-0.3, -0.25) is 0 Å². The van der Waals surface area contributed by atoms with Gasteiger partial charge < -0.3 is 11.1 Å². The fourth-order valence-electron chi connectivity index (χ4n) is 1.64. The van der Waals surface area contributed by atoms with Crippen molar-refractivity contribution in [2.45, 2.75) is 19.9 Å². The normalized spacial score (nSPS) is 12.4. The van der Waals surface area contributed by atoms with Crippen molar-refractivity contribution < 1.29 is 4.39 Å². The average Bonchev–Trinajstić information content (AvgIpc) is 2.70. The van der Waals surface area contributed by atoms with E-state index >= 15 is 0 Å². The van der Waals surface area contributed by atoms with Crippen LogP contribution in [-0.4, -0.2) is 0 Å². The third-order valence-corrected chi connectivity index (χ3v) is 3.76. The third-order valence-electron chi connectivity index (χ3n) is 2.58. The second-order valence-electron chi connectivity index (χ2n) is 4.05. The molecule has 1 unspecified atom stereocenters. The summed E-state index contributed by atoms with van der Waals surface area (Å²) >= 11 is 1.73. The Morgan fingerprint density at radius 2 is 2.06 bits per heavy atom. The van der Waals surface area contributed by atoms with Crippen LogP contribution in [0.15, 0.2) is 30.3 Å². The molecule has 2 aromatic rings. The minimum Gasteiger partial charge on any atom is -0.397 e. The molecule has 0 bridgehead atoms. The van der Waals surface area contributed by atoms with Gasteiger partial charge in [0.1, 0.15) is 5.82 Å². The van der Waals surface area contributed by atoms with Gasteiger partial charge in [-0.2, -0.15) is 0 Å². The molecule has 4 heteroatoms. The molecular formula is C13H15FN2S. The first kappa shape index (κ1) is 11.9. The molecular weight excluding hydrogens is 235 g/mol. The highest BCUT2D eigenvalue weighted by Crippen LogP contribution is 2.28. The lowest BCUT2D eigenvalue weighted by Gasteiger charge is -2.15. The predicted molar refractivity (Wildman–Crippen MR) is 71.9 cm³/mol. The first-order valence-electron chi connectivity index (χ1n) is 5.44. The van der Waals surface area contributed by atoms with Crippen molar-refractivity contribution in [3.05, 3.63) is 45.9 Å². The molecule has 17 heavy (non-hydrogen) atoms. The fraction of sp³-hybridized carbons (Fsp3) is 0.231. The zero-order valence-corrected chi connectivity index (χ0v) is 10.6. The van der Waals surface area contributed by atoms with Gasteiger partial charge in [-0.1, -0.05) is 0 Å². The van der Waals surface area contributed by atoms with Gasteiger partial charge >= 0.3 is 0 Å². The lowest BCUT2D eigenvalue weighted by Crippen LogP contribution is -2.07. The van der Waals surface area contributed by atoms with Gasteiger partial charge in [-0.25, -0.2) is 4.39 Å². The van der Waals surface area contributed by atoms with Crippen molar-refractivity contribution in [3.63, 3.8) is 0 Å². The van der Waals surface area contributed by atoms with Crippen molar-refractivity contribution in [1.82, 2.24) is 0 Å². The summed E-state index contributed by atoms with van der Waals surface area (Å²) in [5, 5.41) is 3.23. The van der Waals surface area contributed by atoms with Gasteiger partial charge in [0.25, 0.3) is 0 Å². The molecule has 90 valence electrons. The van der Waals surface area contributed by atoms with Crippen LogP contribution in [-0.2, 0) is 0 Å². The third kappa shape index (κ3) is 2.77. The number of nitrogens with one attached hydrogen (secondary N) is 1. The van der Waals surface area contributed by atoms with Crippen LogP contribution >= 0.6 is 11.3 Å². The largest absolute Gasteiger partial charge is 0.397 e. The van der Waals surface area contributed by atoms with E-state index in [-0.39, 0.29) is 11.9 Å². The fourth-order valence-corrected chi connectivity index (χ4v) is 2.52. The summed E-state index contributed by atoms with van der Waals surface area (Å²) in [6.07, 6.45) is 0. The number of benzene rings is 1. The Hall–Kier alpha value is -1.55. The molecule has 0 saturated heterocycles. The number of hydrogen-bond acceptors (Lipinski definition) is 3. The van der Waals surface area contributed by atoms with Crippen LogP contribution < -0.4 is 11.1 Å². The molecule has 0 radical (unpaired) electrons. The molecule has 0 saturated carbocycles. The maximum absolute atomic E-state index is 13.1. The van der Waals surface area contributed by atoms with Crippen LogP contribution in [0.25, 0.3) is 0 Å². The van der Waals surface area contributed by atoms with E-state index in [4.69, 9.17) is 5.73 Å². The molecule has 1 atom stereocenters. The van der Waals surface area contributed by atoms with E-state index < -0.39 is 0 Å². The molecule has 0 aliphatic rings. The van der Waals surface area contributed by atoms with E-state index in [0.29, 0.717) is 11.4 Å². The summed E-state index contributed by atoms with van der Waals surface area (Å²) in [7, 11) is 0. The summed E-state index contributed by atoms with van der Waals surface area (Å²) in [6, 6.07) is 8.63. The van der Waals surface area contributed by atoms with E-state index in [1.807, 2.05) is 6.92 Å². The highest BCUT2D eigenvalue weighted by molar-refractivity contribution is 7.12. The minimum atomic E-state index is -0.281. The summed E-state index contributed by atoms with van der Waals surface area (Å²) < 4.78 is 13.1. The number of nitrogen functional groups attached to an aromatic ring is 1. The number of thiophene rings is 1. The summed E-state index contributed by atoms with van der Waals surface area (Å²) in [4.78, 5) is 2.48. The van der Waals surface area contributed by atoms with Gasteiger partial charge in [-0.05, 0) is 44.2 Å². The molecule has 0 aliphatic heterocycles. The van der Waals surface area contributed by atoms with Crippen molar-refractivity contribution in [3.8, 4) is 0 Å². The second kappa shape index (κ2) is 4.75. The Bertz CT molecular complexity index is 522. The lowest BCUT2D eigenvalue weighted by molar-refractivity contribution is 0.628. The number of halogens is 1. The Morgan fingerprint density at radius 1 is 1.29 bits per heavy atom. The van der Waals surface area contributed by atoms with Crippen LogP contribution in [0.1, 0.15) is 22.7 Å². The van der Waals surface area contributed by atoms with Gasteiger partial charge in [0, 0.05) is 9.75 Å². The Balaban J connectivity index is 2.18. The quantitative estimate of drug-likeness (QED) is 0.809. The van der Waals surface area contributed by atoms with E-state index in [2.05, 4.69) is 24.4 Å². The van der Waals surface area contributed by atoms with E-state index in [1.165, 1.54) is 21.9 Å². The summed E-state index contributed by atoms with van der Waals surface area (Å²) in [5.74, 6) is -0.281. The summed E-state index contributed by atoms with van der Waals surface area (Å²) in [5.41, 5.74) is 7.00. The molecule has 2 nitrogen and oxygen atoms in total. The molecule has 1 aromatic heterocycles. The van der Waals surface area contributed by atoms with Crippen molar-refractivity contribution >= 4 is 22.7 Å². The smallest absolute Gasteiger partial charge is 0.125 e. The van der Waals surface area contributed by atoms with Crippen LogP contribution in [0.4, 0.5) is 15.8 Å².